The molecule has 2 aromatic carbocycles. The van der Waals surface area contributed by atoms with Crippen molar-refractivity contribution < 1.29 is 17.9 Å². The highest BCUT2D eigenvalue weighted by Crippen LogP contribution is 2.28. The van der Waals surface area contributed by atoms with Crippen LogP contribution in [0.15, 0.2) is 71.8 Å². The fraction of sp³-hybridized carbons (Fsp3) is 0.261. The average molecular weight is 461 g/mol. The second-order valence-electron chi connectivity index (χ2n) is 8.19. The van der Waals surface area contributed by atoms with Crippen LogP contribution in [0.4, 0.5) is 4.79 Å². The molecule has 1 heterocycles. The third-order valence-corrected chi connectivity index (χ3v) is 6.29. The minimum Gasteiger partial charge on any atom is -0.444 e. The molecule has 0 aliphatic rings. The predicted octanol–water partition coefficient (Wildman–Crippen LogP) is 5.41. The number of nitrogens with zero attached hydrogens (tertiary/aromatic N) is 2. The van der Waals surface area contributed by atoms with Crippen LogP contribution in [0.25, 0.3) is 11.3 Å². The Morgan fingerprint density at radius 3 is 2.35 bits per heavy atom. The van der Waals surface area contributed by atoms with Crippen molar-refractivity contribution in [3.05, 3.63) is 77.4 Å². The summed E-state index contributed by atoms with van der Waals surface area (Å²) in [5, 5.41) is 0.333. The lowest BCUT2D eigenvalue weighted by molar-refractivity contribution is 0.0285. The first-order valence-corrected chi connectivity index (χ1v) is 11.5. The van der Waals surface area contributed by atoms with E-state index in [-0.39, 0.29) is 11.4 Å². The zero-order chi connectivity index (χ0) is 22.8. The minimum absolute atomic E-state index is 0.0832. The highest BCUT2D eigenvalue weighted by atomic mass is 35.5. The molecular formula is C23H25ClN2O4S. The zero-order valence-electron chi connectivity index (χ0n) is 17.9. The third-order valence-electron chi connectivity index (χ3n) is 4.39. The number of hydrogen-bond acceptors (Lipinski definition) is 4. The van der Waals surface area contributed by atoms with Crippen LogP contribution < -0.4 is 0 Å². The van der Waals surface area contributed by atoms with Crippen LogP contribution in [0.5, 0.6) is 0 Å². The molecule has 0 atom stereocenters. The lowest BCUT2D eigenvalue weighted by atomic mass is 10.1. The average Bonchev–Trinajstić information content (AvgIpc) is 3.12. The van der Waals surface area contributed by atoms with Crippen LogP contribution in [-0.2, 0) is 21.3 Å². The van der Waals surface area contributed by atoms with Crippen molar-refractivity contribution in [2.45, 2.75) is 37.8 Å². The van der Waals surface area contributed by atoms with E-state index in [1.54, 1.807) is 46.0 Å². The monoisotopic (exact) mass is 460 g/mol. The maximum Gasteiger partial charge on any atom is 0.410 e. The molecule has 0 bridgehead atoms. The number of carbonyl (C=O) groups excluding carboxylic acids is 1. The first-order valence-electron chi connectivity index (χ1n) is 9.69. The van der Waals surface area contributed by atoms with Gasteiger partial charge >= 0.3 is 6.09 Å². The highest BCUT2D eigenvalue weighted by molar-refractivity contribution is 7.90. The summed E-state index contributed by atoms with van der Waals surface area (Å²) in [4.78, 5) is 13.8. The van der Waals surface area contributed by atoms with E-state index in [2.05, 4.69) is 0 Å². The summed E-state index contributed by atoms with van der Waals surface area (Å²) in [6.07, 6.45) is 1.04. The Balaban J connectivity index is 2.03. The number of carbonyl (C=O) groups is 1. The van der Waals surface area contributed by atoms with Crippen LogP contribution in [0.3, 0.4) is 0 Å². The van der Waals surface area contributed by atoms with E-state index in [0.29, 0.717) is 16.3 Å². The number of amides is 1. The van der Waals surface area contributed by atoms with Gasteiger partial charge in [0.1, 0.15) is 5.60 Å². The maximum atomic E-state index is 13.4. The fourth-order valence-corrected chi connectivity index (χ4v) is 4.72. The molecule has 0 N–H and O–H groups in total. The Morgan fingerprint density at radius 1 is 1.06 bits per heavy atom. The van der Waals surface area contributed by atoms with Crippen LogP contribution in [-0.4, -0.2) is 36.0 Å². The summed E-state index contributed by atoms with van der Waals surface area (Å²) in [5.74, 6) is 0. The van der Waals surface area contributed by atoms with Gasteiger partial charge in [0.05, 0.1) is 17.1 Å². The van der Waals surface area contributed by atoms with Gasteiger partial charge in [0.2, 0.25) is 0 Å². The second-order valence-corrected chi connectivity index (χ2v) is 10.4. The van der Waals surface area contributed by atoms with Gasteiger partial charge in [0, 0.05) is 18.3 Å². The van der Waals surface area contributed by atoms with Crippen LogP contribution in [0.1, 0.15) is 26.3 Å². The van der Waals surface area contributed by atoms with Gasteiger partial charge < -0.3 is 9.64 Å². The summed E-state index contributed by atoms with van der Waals surface area (Å²) >= 11 is 6.03. The minimum atomic E-state index is -3.91. The van der Waals surface area contributed by atoms with Crippen molar-refractivity contribution in [2.75, 3.05) is 7.05 Å². The quantitative estimate of drug-likeness (QED) is 0.510. The Hall–Kier alpha value is -2.77. The molecule has 6 nitrogen and oxygen atoms in total. The van der Waals surface area contributed by atoms with Crippen molar-refractivity contribution in [1.29, 1.82) is 0 Å². The second kappa shape index (κ2) is 8.77. The molecule has 0 spiro atoms. The summed E-state index contributed by atoms with van der Waals surface area (Å²) < 4.78 is 33.4. The maximum absolute atomic E-state index is 13.4. The molecule has 1 amide bonds. The lowest BCUT2D eigenvalue weighted by Gasteiger charge is -2.24. The molecular weight excluding hydrogens is 436 g/mol. The van der Waals surface area contributed by atoms with Crippen LogP contribution >= 0.6 is 11.6 Å². The first kappa shape index (κ1) is 22.9. The van der Waals surface area contributed by atoms with Crippen molar-refractivity contribution >= 4 is 27.7 Å². The number of aromatic nitrogens is 1. The lowest BCUT2D eigenvalue weighted by Crippen LogP contribution is -2.33. The van der Waals surface area contributed by atoms with Crippen LogP contribution in [0, 0.1) is 0 Å². The normalized spacial score (nSPS) is 11.9. The van der Waals surface area contributed by atoms with Gasteiger partial charge in [-0.25, -0.2) is 17.2 Å². The van der Waals surface area contributed by atoms with E-state index in [4.69, 9.17) is 16.3 Å². The molecule has 0 saturated heterocycles. The first-order chi connectivity index (χ1) is 14.5. The van der Waals surface area contributed by atoms with E-state index < -0.39 is 21.7 Å². The Morgan fingerprint density at radius 2 is 1.74 bits per heavy atom. The summed E-state index contributed by atoms with van der Waals surface area (Å²) in [7, 11) is -2.30. The van der Waals surface area contributed by atoms with Gasteiger partial charge in [-0.3, -0.25) is 0 Å². The zero-order valence-corrected chi connectivity index (χ0v) is 19.4. The van der Waals surface area contributed by atoms with Gasteiger partial charge in [-0.15, -0.1) is 0 Å². The number of hydrogen-bond donors (Lipinski definition) is 0. The molecule has 3 rings (SSSR count). The molecule has 0 radical (unpaired) electrons. The Kier molecular flexibility index (Phi) is 6.48. The van der Waals surface area contributed by atoms with Gasteiger partial charge in [-0.1, -0.05) is 48.0 Å². The number of benzene rings is 2. The van der Waals surface area contributed by atoms with E-state index in [1.807, 2.05) is 30.3 Å². The van der Waals surface area contributed by atoms with Crippen LogP contribution in [0.2, 0.25) is 5.02 Å². The summed E-state index contributed by atoms with van der Waals surface area (Å²) in [5.41, 5.74) is 1.26. The van der Waals surface area contributed by atoms with E-state index in [9.17, 15) is 13.2 Å². The smallest absolute Gasteiger partial charge is 0.410 e. The van der Waals surface area contributed by atoms with E-state index >= 15 is 0 Å². The summed E-state index contributed by atoms with van der Waals surface area (Å²) in [6.45, 7) is 5.56. The molecule has 0 unspecified atom stereocenters. The Bertz CT molecular complexity index is 1180. The molecule has 0 aliphatic heterocycles. The van der Waals surface area contributed by atoms with E-state index in [1.165, 1.54) is 27.2 Å². The molecule has 3 aromatic rings. The van der Waals surface area contributed by atoms with Gasteiger partial charge in [0.25, 0.3) is 10.0 Å². The molecule has 31 heavy (non-hydrogen) atoms. The molecule has 0 saturated carbocycles. The topological polar surface area (TPSA) is 68.6 Å². The molecule has 8 heteroatoms. The van der Waals surface area contributed by atoms with Crippen molar-refractivity contribution in [2.24, 2.45) is 0 Å². The predicted molar refractivity (Wildman–Crippen MR) is 122 cm³/mol. The molecule has 164 valence electrons. The number of rotatable bonds is 5. The molecule has 0 fully saturated rings. The largest absolute Gasteiger partial charge is 0.444 e. The van der Waals surface area contributed by atoms with Crippen molar-refractivity contribution in [1.82, 2.24) is 8.87 Å². The standard InChI is InChI=1S/C23H25ClN2O4S/c1-23(2,3)30-22(27)25(4)15-17-13-21(18-9-6-5-7-10-18)26(16-17)31(28,29)20-12-8-11-19(24)14-20/h5-14,16H,15H2,1-4H3. The number of halogens is 1. The third kappa shape index (κ3) is 5.48. The SMILES string of the molecule is CN(Cc1cc(-c2ccccc2)n(S(=O)(=O)c2cccc(Cl)c2)c1)C(=O)OC(C)(C)C. The van der Waals surface area contributed by atoms with Gasteiger partial charge in [-0.05, 0) is 56.2 Å². The molecule has 1 aromatic heterocycles. The van der Waals surface area contributed by atoms with E-state index in [0.717, 1.165) is 5.56 Å². The Labute approximate surface area is 188 Å². The number of ether oxygens (including phenoxy) is 1. The van der Waals surface area contributed by atoms with Gasteiger partial charge in [-0.2, -0.15) is 0 Å². The molecule has 0 aliphatic carbocycles. The summed E-state index contributed by atoms with van der Waals surface area (Å²) in [6, 6.07) is 17.1. The highest BCUT2D eigenvalue weighted by Gasteiger charge is 2.24. The van der Waals surface area contributed by atoms with Gasteiger partial charge in [0.15, 0.2) is 0 Å². The fourth-order valence-electron chi connectivity index (χ4n) is 3.02. The van der Waals surface area contributed by atoms with Crippen molar-refractivity contribution in [3.8, 4) is 11.3 Å². The van der Waals surface area contributed by atoms with Crippen molar-refractivity contribution in [3.63, 3.8) is 0 Å².